The van der Waals surface area contributed by atoms with E-state index < -0.39 is 0 Å². The number of carbonyl (C=O) groups is 1. The smallest absolute Gasteiger partial charge is 0.256 e. The van der Waals surface area contributed by atoms with Gasteiger partial charge in [-0.3, -0.25) is 14.6 Å². The van der Waals surface area contributed by atoms with Gasteiger partial charge in [-0.2, -0.15) is 10.2 Å². The average Bonchev–Trinajstić information content (AvgIpc) is 3.17. The second kappa shape index (κ2) is 5.04. The predicted molar refractivity (Wildman–Crippen MR) is 72.3 cm³/mol. The van der Waals surface area contributed by atoms with E-state index in [0.29, 0.717) is 12.1 Å². The lowest BCUT2D eigenvalue weighted by molar-refractivity contribution is 0.0951. The standard InChI is InChI=1S/C13H14N6O/c1-18-13(19-4-2-3-5-19)11(9-17-18)12(20)14-6-10-7-15-16-8-10/h2-5,7-9H,6H2,1H3,(H,14,20)(H,15,16). The third-order valence-electron chi connectivity index (χ3n) is 3.01. The monoisotopic (exact) mass is 270 g/mol. The van der Waals surface area contributed by atoms with Crippen molar-refractivity contribution in [2.45, 2.75) is 6.54 Å². The summed E-state index contributed by atoms with van der Waals surface area (Å²) in [6, 6.07) is 3.81. The van der Waals surface area contributed by atoms with Gasteiger partial charge in [0.1, 0.15) is 11.4 Å². The molecule has 0 spiro atoms. The molecular weight excluding hydrogens is 256 g/mol. The van der Waals surface area contributed by atoms with Gasteiger partial charge in [0.2, 0.25) is 0 Å². The minimum atomic E-state index is -0.164. The summed E-state index contributed by atoms with van der Waals surface area (Å²) in [5, 5.41) is 13.6. The lowest BCUT2D eigenvalue weighted by atomic mass is 10.3. The van der Waals surface area contributed by atoms with Crippen molar-refractivity contribution >= 4 is 5.91 Å². The molecule has 0 radical (unpaired) electrons. The minimum absolute atomic E-state index is 0.164. The Morgan fingerprint density at radius 1 is 1.35 bits per heavy atom. The Labute approximate surface area is 115 Å². The molecule has 3 heterocycles. The fourth-order valence-electron chi connectivity index (χ4n) is 2.03. The second-order valence-corrected chi connectivity index (χ2v) is 4.38. The molecule has 7 nitrogen and oxygen atoms in total. The van der Waals surface area contributed by atoms with Crippen LogP contribution in [0.25, 0.3) is 5.82 Å². The number of aryl methyl sites for hydroxylation is 1. The van der Waals surface area contributed by atoms with Crippen molar-refractivity contribution in [2.24, 2.45) is 7.05 Å². The summed E-state index contributed by atoms with van der Waals surface area (Å²) in [5.41, 5.74) is 1.46. The molecule has 0 unspecified atom stereocenters. The van der Waals surface area contributed by atoms with Crippen LogP contribution in [0.3, 0.4) is 0 Å². The van der Waals surface area contributed by atoms with Crippen LogP contribution in [-0.2, 0) is 13.6 Å². The molecule has 0 aliphatic heterocycles. The third kappa shape index (κ3) is 2.20. The molecule has 3 rings (SSSR count). The van der Waals surface area contributed by atoms with Gasteiger partial charge < -0.3 is 9.88 Å². The topological polar surface area (TPSA) is 80.5 Å². The number of rotatable bonds is 4. The molecule has 0 aliphatic carbocycles. The number of carbonyl (C=O) groups excluding carboxylic acids is 1. The average molecular weight is 270 g/mol. The zero-order chi connectivity index (χ0) is 13.9. The summed E-state index contributed by atoms with van der Waals surface area (Å²) < 4.78 is 3.53. The van der Waals surface area contributed by atoms with Crippen molar-refractivity contribution in [3.8, 4) is 5.82 Å². The normalized spacial score (nSPS) is 10.7. The molecule has 0 atom stereocenters. The van der Waals surface area contributed by atoms with Gasteiger partial charge in [0.15, 0.2) is 0 Å². The first-order valence-electron chi connectivity index (χ1n) is 6.17. The summed E-state index contributed by atoms with van der Waals surface area (Å²) in [6.45, 7) is 0.426. The zero-order valence-corrected chi connectivity index (χ0v) is 10.9. The molecule has 7 heteroatoms. The maximum atomic E-state index is 12.3. The van der Waals surface area contributed by atoms with Crippen molar-refractivity contribution in [1.82, 2.24) is 29.9 Å². The molecule has 0 aliphatic rings. The fourth-order valence-corrected chi connectivity index (χ4v) is 2.03. The Bertz CT molecular complexity index is 695. The Kier molecular flexibility index (Phi) is 3.08. The van der Waals surface area contributed by atoms with E-state index in [9.17, 15) is 4.79 Å². The molecular formula is C13H14N6O. The number of H-pyrrole nitrogens is 1. The highest BCUT2D eigenvalue weighted by molar-refractivity contribution is 5.97. The van der Waals surface area contributed by atoms with Gasteiger partial charge in [0.05, 0.1) is 12.4 Å². The van der Waals surface area contributed by atoms with Crippen molar-refractivity contribution < 1.29 is 4.79 Å². The first-order chi connectivity index (χ1) is 9.75. The molecule has 0 aromatic carbocycles. The van der Waals surface area contributed by atoms with Gasteiger partial charge >= 0.3 is 0 Å². The van der Waals surface area contributed by atoms with E-state index in [1.165, 1.54) is 0 Å². The summed E-state index contributed by atoms with van der Waals surface area (Å²) in [6.07, 6.45) is 8.75. The highest BCUT2D eigenvalue weighted by Gasteiger charge is 2.16. The largest absolute Gasteiger partial charge is 0.348 e. The lowest BCUT2D eigenvalue weighted by Gasteiger charge is -2.07. The van der Waals surface area contributed by atoms with Crippen LogP contribution in [0, 0.1) is 0 Å². The van der Waals surface area contributed by atoms with Gasteiger partial charge in [-0.05, 0) is 12.1 Å². The van der Waals surface area contributed by atoms with Crippen LogP contribution in [0.2, 0.25) is 0 Å². The molecule has 0 fully saturated rings. The van der Waals surface area contributed by atoms with E-state index >= 15 is 0 Å². The molecule has 0 bridgehead atoms. The van der Waals surface area contributed by atoms with Crippen LogP contribution < -0.4 is 5.32 Å². The molecule has 2 N–H and O–H groups in total. The van der Waals surface area contributed by atoms with Gasteiger partial charge in [-0.25, -0.2) is 0 Å². The molecule has 102 valence electrons. The Balaban J connectivity index is 1.82. The maximum Gasteiger partial charge on any atom is 0.256 e. The Hall–Kier alpha value is -2.83. The first-order valence-corrected chi connectivity index (χ1v) is 6.17. The van der Waals surface area contributed by atoms with E-state index in [-0.39, 0.29) is 5.91 Å². The van der Waals surface area contributed by atoms with Crippen molar-refractivity contribution in [1.29, 1.82) is 0 Å². The summed E-state index contributed by atoms with van der Waals surface area (Å²) >= 11 is 0. The van der Waals surface area contributed by atoms with Crippen LogP contribution in [0.1, 0.15) is 15.9 Å². The lowest BCUT2D eigenvalue weighted by Crippen LogP contribution is -2.23. The first kappa shape index (κ1) is 12.2. The summed E-state index contributed by atoms with van der Waals surface area (Å²) in [5.74, 6) is 0.572. The van der Waals surface area contributed by atoms with Gasteiger partial charge in [-0.15, -0.1) is 0 Å². The van der Waals surface area contributed by atoms with Crippen molar-refractivity contribution in [3.63, 3.8) is 0 Å². The maximum absolute atomic E-state index is 12.3. The highest BCUT2D eigenvalue weighted by atomic mass is 16.1. The van der Waals surface area contributed by atoms with Crippen LogP contribution in [-0.4, -0.2) is 30.5 Å². The predicted octanol–water partition coefficient (Wildman–Crippen LogP) is 0.864. The van der Waals surface area contributed by atoms with Crippen LogP contribution in [0.15, 0.2) is 43.1 Å². The van der Waals surface area contributed by atoms with Gasteiger partial charge in [-0.1, -0.05) is 0 Å². The van der Waals surface area contributed by atoms with Crippen LogP contribution in [0.4, 0.5) is 0 Å². The van der Waals surface area contributed by atoms with Crippen LogP contribution in [0.5, 0.6) is 0 Å². The van der Waals surface area contributed by atoms with Crippen molar-refractivity contribution in [2.75, 3.05) is 0 Å². The number of amides is 1. The molecule has 3 aromatic rings. The van der Waals surface area contributed by atoms with Crippen LogP contribution >= 0.6 is 0 Å². The number of hydrogen-bond acceptors (Lipinski definition) is 3. The number of nitrogens with one attached hydrogen (secondary N) is 2. The molecule has 0 saturated carbocycles. The molecule has 1 amide bonds. The molecule has 3 aromatic heterocycles. The quantitative estimate of drug-likeness (QED) is 0.738. The number of nitrogens with zero attached hydrogens (tertiary/aromatic N) is 4. The number of aromatic amines is 1. The van der Waals surface area contributed by atoms with E-state index in [2.05, 4.69) is 20.6 Å². The zero-order valence-electron chi connectivity index (χ0n) is 10.9. The highest BCUT2D eigenvalue weighted by Crippen LogP contribution is 2.13. The molecule has 20 heavy (non-hydrogen) atoms. The SMILES string of the molecule is Cn1ncc(C(=O)NCc2cn[nH]c2)c1-n1cccc1. The Morgan fingerprint density at radius 2 is 2.15 bits per heavy atom. The van der Waals surface area contributed by atoms with Crippen molar-refractivity contribution in [3.05, 3.63) is 54.2 Å². The molecule has 0 saturated heterocycles. The number of hydrogen-bond donors (Lipinski definition) is 2. The summed E-state index contributed by atoms with van der Waals surface area (Å²) in [7, 11) is 1.81. The minimum Gasteiger partial charge on any atom is -0.348 e. The Morgan fingerprint density at radius 3 is 2.85 bits per heavy atom. The van der Waals surface area contributed by atoms with E-state index in [1.807, 2.05) is 36.1 Å². The summed E-state index contributed by atoms with van der Waals surface area (Å²) in [4.78, 5) is 12.3. The fraction of sp³-hybridized carbons (Fsp3) is 0.154. The number of aromatic nitrogens is 5. The van der Waals surface area contributed by atoms with E-state index in [0.717, 1.165) is 11.4 Å². The van der Waals surface area contributed by atoms with Gasteiger partial charge in [0, 0.05) is 37.7 Å². The second-order valence-electron chi connectivity index (χ2n) is 4.38. The third-order valence-corrected chi connectivity index (χ3v) is 3.01. The van der Waals surface area contributed by atoms with Gasteiger partial charge in [0.25, 0.3) is 5.91 Å². The van der Waals surface area contributed by atoms with E-state index in [1.54, 1.807) is 23.3 Å². The van der Waals surface area contributed by atoms with E-state index in [4.69, 9.17) is 0 Å².